The molecule has 0 radical (unpaired) electrons. The standard InChI is InChI=1S/C30H35ClFN3O4S/c1-20-11-15-25(16-12-20)40(38,39)35(24-14-13-21(2)26(31)17-24)19-28(36)34(18-23-9-7-8-10-27(23)32)22(3)29(37)33-30(4,5)6/h7-17,22H,18-19H2,1-6H3,(H,33,37)/t22-/m1/s1. The lowest BCUT2D eigenvalue weighted by molar-refractivity contribution is -0.140. The van der Waals surface area contributed by atoms with E-state index in [1.807, 2.05) is 6.92 Å². The third-order valence-electron chi connectivity index (χ3n) is 6.30. The Morgan fingerprint density at radius 1 is 1.00 bits per heavy atom. The van der Waals surface area contributed by atoms with E-state index in [4.69, 9.17) is 11.6 Å². The Labute approximate surface area is 241 Å². The van der Waals surface area contributed by atoms with Crippen LogP contribution in [0.1, 0.15) is 44.4 Å². The smallest absolute Gasteiger partial charge is 0.264 e. The molecule has 0 fully saturated rings. The van der Waals surface area contributed by atoms with E-state index in [2.05, 4.69) is 5.32 Å². The van der Waals surface area contributed by atoms with Crippen LogP contribution in [0.4, 0.5) is 10.1 Å². The molecule has 0 aromatic heterocycles. The number of nitrogens with zero attached hydrogens (tertiary/aromatic N) is 2. The molecule has 40 heavy (non-hydrogen) atoms. The van der Waals surface area contributed by atoms with Gasteiger partial charge in [-0.2, -0.15) is 0 Å². The summed E-state index contributed by atoms with van der Waals surface area (Å²) in [6.45, 7) is 9.67. The predicted molar refractivity (Wildman–Crippen MR) is 156 cm³/mol. The normalized spacial score (nSPS) is 12.5. The fourth-order valence-electron chi connectivity index (χ4n) is 3.97. The second-order valence-electron chi connectivity index (χ2n) is 10.8. The minimum atomic E-state index is -4.23. The number of halogens is 2. The van der Waals surface area contributed by atoms with E-state index in [1.54, 1.807) is 58.0 Å². The van der Waals surface area contributed by atoms with Crippen molar-refractivity contribution in [3.63, 3.8) is 0 Å². The van der Waals surface area contributed by atoms with E-state index in [9.17, 15) is 22.4 Å². The van der Waals surface area contributed by atoms with Gasteiger partial charge in [0.1, 0.15) is 18.4 Å². The second-order valence-corrected chi connectivity index (χ2v) is 13.1. The molecule has 0 aliphatic rings. The molecule has 1 N–H and O–H groups in total. The van der Waals surface area contributed by atoms with Gasteiger partial charge in [0.05, 0.1) is 10.6 Å². The first-order valence-electron chi connectivity index (χ1n) is 12.8. The van der Waals surface area contributed by atoms with Gasteiger partial charge in [0.25, 0.3) is 10.0 Å². The van der Waals surface area contributed by atoms with Gasteiger partial charge in [0.2, 0.25) is 11.8 Å². The maximum atomic E-state index is 14.6. The summed E-state index contributed by atoms with van der Waals surface area (Å²) in [6, 6.07) is 15.9. The van der Waals surface area contributed by atoms with Crippen molar-refractivity contribution in [2.24, 2.45) is 0 Å². The summed E-state index contributed by atoms with van der Waals surface area (Å²) in [5.74, 6) is -1.69. The molecule has 3 aromatic carbocycles. The molecule has 0 saturated heterocycles. The van der Waals surface area contributed by atoms with Crippen molar-refractivity contribution in [2.75, 3.05) is 10.8 Å². The lowest BCUT2D eigenvalue weighted by Gasteiger charge is -2.33. The van der Waals surface area contributed by atoms with Crippen LogP contribution in [0.5, 0.6) is 0 Å². The third-order valence-corrected chi connectivity index (χ3v) is 8.49. The summed E-state index contributed by atoms with van der Waals surface area (Å²) in [6.07, 6.45) is 0. The van der Waals surface area contributed by atoms with Crippen molar-refractivity contribution < 1.29 is 22.4 Å². The first-order valence-corrected chi connectivity index (χ1v) is 14.6. The predicted octanol–water partition coefficient (Wildman–Crippen LogP) is 5.62. The number of nitrogens with one attached hydrogen (secondary N) is 1. The highest BCUT2D eigenvalue weighted by molar-refractivity contribution is 7.92. The lowest BCUT2D eigenvalue weighted by Crippen LogP contribution is -2.54. The number of carbonyl (C=O) groups excluding carboxylic acids is 2. The largest absolute Gasteiger partial charge is 0.350 e. The SMILES string of the molecule is Cc1ccc(S(=O)(=O)N(CC(=O)N(Cc2ccccc2F)[C@H](C)C(=O)NC(C)(C)C)c2ccc(C)c(Cl)c2)cc1. The zero-order valence-electron chi connectivity index (χ0n) is 23.5. The van der Waals surface area contributed by atoms with Gasteiger partial charge in [-0.25, -0.2) is 12.8 Å². The average Bonchev–Trinajstić information content (AvgIpc) is 2.87. The highest BCUT2D eigenvalue weighted by atomic mass is 35.5. The van der Waals surface area contributed by atoms with E-state index < -0.39 is 45.8 Å². The fraction of sp³-hybridized carbons (Fsp3) is 0.333. The number of anilines is 1. The van der Waals surface area contributed by atoms with Gasteiger partial charge >= 0.3 is 0 Å². The summed E-state index contributed by atoms with van der Waals surface area (Å²) >= 11 is 6.34. The first kappa shape index (κ1) is 31.1. The van der Waals surface area contributed by atoms with Crippen LogP contribution in [-0.4, -0.2) is 43.3 Å². The van der Waals surface area contributed by atoms with Crippen molar-refractivity contribution >= 4 is 39.1 Å². The van der Waals surface area contributed by atoms with E-state index in [1.165, 1.54) is 48.2 Å². The number of amides is 2. The van der Waals surface area contributed by atoms with E-state index in [-0.39, 0.29) is 22.7 Å². The minimum Gasteiger partial charge on any atom is -0.350 e. The Hall–Kier alpha value is -3.43. The molecular formula is C30H35ClFN3O4S. The maximum absolute atomic E-state index is 14.6. The van der Waals surface area contributed by atoms with Crippen molar-refractivity contribution in [1.29, 1.82) is 0 Å². The molecule has 3 aromatic rings. The van der Waals surface area contributed by atoms with Gasteiger partial charge < -0.3 is 10.2 Å². The lowest BCUT2D eigenvalue weighted by atomic mass is 10.1. The molecule has 0 aliphatic heterocycles. The van der Waals surface area contributed by atoms with Crippen LogP contribution in [0.25, 0.3) is 0 Å². The van der Waals surface area contributed by atoms with Gasteiger partial charge in [-0.1, -0.05) is 53.6 Å². The Morgan fingerprint density at radius 2 is 1.62 bits per heavy atom. The summed E-state index contributed by atoms with van der Waals surface area (Å²) < 4.78 is 43.4. The van der Waals surface area contributed by atoms with E-state index in [0.717, 1.165) is 15.4 Å². The highest BCUT2D eigenvalue weighted by Crippen LogP contribution is 2.29. The number of aryl methyl sites for hydroxylation is 2. The Bertz CT molecular complexity index is 1490. The molecule has 0 aliphatic carbocycles. The number of hydrogen-bond acceptors (Lipinski definition) is 4. The molecule has 0 saturated carbocycles. The zero-order chi connectivity index (χ0) is 29.8. The topological polar surface area (TPSA) is 86.8 Å². The van der Waals surface area contributed by atoms with Crippen LogP contribution in [-0.2, 0) is 26.2 Å². The van der Waals surface area contributed by atoms with Gasteiger partial charge in [-0.05, 0) is 77.4 Å². The molecule has 0 unspecified atom stereocenters. The summed E-state index contributed by atoms with van der Waals surface area (Å²) in [5.41, 5.74) is 1.39. The Balaban J connectivity index is 2.08. The van der Waals surface area contributed by atoms with Gasteiger partial charge in [-0.15, -0.1) is 0 Å². The minimum absolute atomic E-state index is 0.0122. The summed E-state index contributed by atoms with van der Waals surface area (Å²) in [5, 5.41) is 3.17. The highest BCUT2D eigenvalue weighted by Gasteiger charge is 2.33. The van der Waals surface area contributed by atoms with Gasteiger partial charge in [0.15, 0.2) is 0 Å². The Kier molecular flexibility index (Phi) is 9.64. The van der Waals surface area contributed by atoms with Crippen LogP contribution in [0.15, 0.2) is 71.6 Å². The number of hydrogen-bond donors (Lipinski definition) is 1. The van der Waals surface area contributed by atoms with Crippen LogP contribution in [0, 0.1) is 19.7 Å². The average molecular weight is 588 g/mol. The Morgan fingerprint density at radius 3 is 2.20 bits per heavy atom. The molecular weight excluding hydrogens is 553 g/mol. The molecule has 3 rings (SSSR count). The fourth-order valence-corrected chi connectivity index (χ4v) is 5.55. The van der Waals surface area contributed by atoms with Crippen molar-refractivity contribution in [3.05, 3.63) is 94.3 Å². The van der Waals surface area contributed by atoms with E-state index >= 15 is 0 Å². The number of carbonyl (C=O) groups is 2. The molecule has 0 spiro atoms. The summed E-state index contributed by atoms with van der Waals surface area (Å²) in [7, 11) is -4.23. The third kappa shape index (κ3) is 7.61. The van der Waals surface area contributed by atoms with Gasteiger partial charge in [-0.3, -0.25) is 13.9 Å². The number of sulfonamides is 1. The van der Waals surface area contributed by atoms with Crippen LogP contribution >= 0.6 is 11.6 Å². The second kappa shape index (κ2) is 12.4. The van der Waals surface area contributed by atoms with Crippen LogP contribution in [0.3, 0.4) is 0 Å². The summed E-state index contributed by atoms with van der Waals surface area (Å²) in [4.78, 5) is 28.2. The van der Waals surface area contributed by atoms with E-state index in [0.29, 0.717) is 5.02 Å². The maximum Gasteiger partial charge on any atom is 0.264 e. The quantitative estimate of drug-likeness (QED) is 0.352. The first-order chi connectivity index (χ1) is 18.6. The van der Waals surface area contributed by atoms with Crippen LogP contribution in [0.2, 0.25) is 5.02 Å². The molecule has 10 heteroatoms. The number of benzene rings is 3. The monoisotopic (exact) mass is 587 g/mol. The van der Waals surface area contributed by atoms with Crippen LogP contribution < -0.4 is 9.62 Å². The van der Waals surface area contributed by atoms with Crippen molar-refractivity contribution in [1.82, 2.24) is 10.2 Å². The molecule has 1 atom stereocenters. The van der Waals surface area contributed by atoms with Crippen molar-refractivity contribution in [2.45, 2.75) is 64.6 Å². The molecule has 2 amide bonds. The molecule has 7 nitrogen and oxygen atoms in total. The molecule has 0 heterocycles. The zero-order valence-corrected chi connectivity index (χ0v) is 25.1. The molecule has 0 bridgehead atoms. The van der Waals surface area contributed by atoms with Gasteiger partial charge in [0, 0.05) is 22.7 Å². The number of rotatable bonds is 9. The van der Waals surface area contributed by atoms with Crippen molar-refractivity contribution in [3.8, 4) is 0 Å². The molecule has 214 valence electrons.